The van der Waals surface area contributed by atoms with Gasteiger partial charge >= 0.3 is 0 Å². The van der Waals surface area contributed by atoms with Crippen LogP contribution in [-0.4, -0.2) is 40.0 Å². The third-order valence-corrected chi connectivity index (χ3v) is 4.97. The number of imidazole rings is 1. The fraction of sp³-hybridized carbons (Fsp3) is 0.562. The normalized spacial score (nSPS) is 32.3. The van der Waals surface area contributed by atoms with Crippen LogP contribution in [0, 0.1) is 11.8 Å². The number of benzene rings is 1. The zero-order valence-corrected chi connectivity index (χ0v) is 12.2. The van der Waals surface area contributed by atoms with E-state index in [-0.39, 0.29) is 12.2 Å². The van der Waals surface area contributed by atoms with Crippen LogP contribution < -0.4 is 10.1 Å². The van der Waals surface area contributed by atoms with Gasteiger partial charge in [0.15, 0.2) is 0 Å². The van der Waals surface area contributed by atoms with Crippen molar-refractivity contribution in [2.45, 2.75) is 25.0 Å². The predicted molar refractivity (Wildman–Crippen MR) is 80.2 cm³/mol. The summed E-state index contributed by atoms with van der Waals surface area (Å²) in [6, 6.07) is 5.95. The van der Waals surface area contributed by atoms with Gasteiger partial charge in [0.2, 0.25) is 0 Å². The molecule has 0 amide bonds. The molecule has 1 aromatic carbocycles. The second-order valence-electron chi connectivity index (χ2n) is 6.38. The molecule has 0 bridgehead atoms. The van der Waals surface area contributed by atoms with Crippen molar-refractivity contribution in [3.8, 4) is 5.75 Å². The molecule has 1 saturated heterocycles. The Balaban J connectivity index is 1.53. The number of aliphatic hydroxyl groups excluding tert-OH is 1. The van der Waals surface area contributed by atoms with E-state index in [2.05, 4.69) is 10.3 Å². The Kier molecular flexibility index (Phi) is 3.12. The van der Waals surface area contributed by atoms with E-state index >= 15 is 0 Å². The summed E-state index contributed by atoms with van der Waals surface area (Å²) in [5.74, 6) is 2.05. The van der Waals surface area contributed by atoms with Crippen molar-refractivity contribution >= 4 is 11.0 Å². The van der Waals surface area contributed by atoms with Crippen molar-refractivity contribution in [1.82, 2.24) is 14.9 Å². The van der Waals surface area contributed by atoms with E-state index in [1.165, 1.54) is 0 Å². The number of rotatable bonds is 2. The largest absolute Gasteiger partial charge is 0.488 e. The third kappa shape index (κ3) is 2.30. The molecule has 2 N–H and O–H groups in total. The first-order chi connectivity index (χ1) is 10.2. The molecular formula is C16H21N3O2. The SMILES string of the molecule is Cn1cnc2cc(O[C@@H]3C[C@@H]4CNC[C@@H]4C[C@H]3O)ccc21. The zero-order valence-electron chi connectivity index (χ0n) is 12.2. The molecule has 2 aromatic rings. The Morgan fingerprint density at radius 2 is 2.10 bits per heavy atom. The molecule has 1 saturated carbocycles. The molecule has 1 aliphatic heterocycles. The summed E-state index contributed by atoms with van der Waals surface area (Å²) in [5.41, 5.74) is 2.02. The molecule has 0 radical (unpaired) electrons. The highest BCUT2D eigenvalue weighted by Crippen LogP contribution is 2.35. The van der Waals surface area contributed by atoms with Gasteiger partial charge in [-0.05, 0) is 49.9 Å². The molecule has 1 aromatic heterocycles. The van der Waals surface area contributed by atoms with Crippen molar-refractivity contribution in [1.29, 1.82) is 0 Å². The minimum absolute atomic E-state index is 0.104. The Labute approximate surface area is 123 Å². The van der Waals surface area contributed by atoms with Crippen LogP contribution in [0.25, 0.3) is 11.0 Å². The Morgan fingerprint density at radius 3 is 2.95 bits per heavy atom. The number of hydrogen-bond donors (Lipinski definition) is 2. The Bertz CT molecular complexity index is 654. The zero-order chi connectivity index (χ0) is 14.4. The van der Waals surface area contributed by atoms with Gasteiger partial charge in [0.05, 0.1) is 23.5 Å². The second kappa shape index (κ2) is 5.00. The summed E-state index contributed by atoms with van der Waals surface area (Å²) in [6.45, 7) is 2.09. The van der Waals surface area contributed by atoms with Crippen LogP contribution in [-0.2, 0) is 7.05 Å². The lowest BCUT2D eigenvalue weighted by molar-refractivity contribution is -0.0230. The number of fused-ring (bicyclic) bond motifs is 2. The average molecular weight is 287 g/mol. The highest BCUT2D eigenvalue weighted by atomic mass is 16.5. The molecule has 5 nitrogen and oxygen atoms in total. The minimum Gasteiger partial charge on any atom is -0.488 e. The van der Waals surface area contributed by atoms with Gasteiger partial charge in [-0.1, -0.05) is 0 Å². The molecule has 2 aliphatic rings. The number of nitrogens with one attached hydrogen (secondary N) is 1. The summed E-state index contributed by atoms with van der Waals surface area (Å²) < 4.78 is 8.06. The van der Waals surface area contributed by atoms with E-state index in [1.807, 2.05) is 29.8 Å². The lowest BCUT2D eigenvalue weighted by Gasteiger charge is -2.35. The van der Waals surface area contributed by atoms with Crippen LogP contribution in [0.4, 0.5) is 0 Å². The first-order valence-corrected chi connectivity index (χ1v) is 7.67. The van der Waals surface area contributed by atoms with Gasteiger partial charge in [-0.25, -0.2) is 4.98 Å². The van der Waals surface area contributed by atoms with Gasteiger partial charge < -0.3 is 19.7 Å². The molecule has 21 heavy (non-hydrogen) atoms. The lowest BCUT2D eigenvalue weighted by Crippen LogP contribution is -2.42. The van der Waals surface area contributed by atoms with Crippen LogP contribution in [0.2, 0.25) is 0 Å². The standard InChI is InChI=1S/C16H21N3O2/c1-19-9-18-13-6-12(2-3-14(13)19)21-16-5-11-8-17-7-10(11)4-15(16)20/h2-3,6,9-11,15-17,20H,4-5,7-8H2,1H3/t10-,11+,15+,16+/m0/s1. The fourth-order valence-electron chi connectivity index (χ4n) is 3.75. The van der Waals surface area contributed by atoms with Crippen molar-refractivity contribution in [2.75, 3.05) is 13.1 Å². The van der Waals surface area contributed by atoms with Gasteiger partial charge in [0.1, 0.15) is 11.9 Å². The van der Waals surface area contributed by atoms with Crippen molar-refractivity contribution in [2.24, 2.45) is 18.9 Å². The fourth-order valence-corrected chi connectivity index (χ4v) is 3.75. The maximum absolute atomic E-state index is 10.3. The minimum atomic E-state index is -0.370. The van der Waals surface area contributed by atoms with Gasteiger partial charge in [-0.2, -0.15) is 0 Å². The number of aryl methyl sites for hydroxylation is 1. The molecule has 2 fully saturated rings. The van der Waals surface area contributed by atoms with Crippen molar-refractivity contribution < 1.29 is 9.84 Å². The highest BCUT2D eigenvalue weighted by molar-refractivity contribution is 5.76. The quantitative estimate of drug-likeness (QED) is 0.874. The molecule has 2 heterocycles. The van der Waals surface area contributed by atoms with Crippen LogP contribution in [0.15, 0.2) is 24.5 Å². The van der Waals surface area contributed by atoms with Gasteiger partial charge in [-0.15, -0.1) is 0 Å². The topological polar surface area (TPSA) is 59.3 Å². The Morgan fingerprint density at radius 1 is 1.29 bits per heavy atom. The number of ether oxygens (including phenoxy) is 1. The maximum atomic E-state index is 10.3. The van der Waals surface area contributed by atoms with E-state index in [1.54, 1.807) is 6.33 Å². The number of aromatic nitrogens is 2. The molecule has 0 unspecified atom stereocenters. The van der Waals surface area contributed by atoms with Crippen LogP contribution in [0.5, 0.6) is 5.75 Å². The second-order valence-corrected chi connectivity index (χ2v) is 6.38. The monoisotopic (exact) mass is 287 g/mol. The smallest absolute Gasteiger partial charge is 0.125 e. The van der Waals surface area contributed by atoms with Gasteiger partial charge in [0.25, 0.3) is 0 Å². The summed E-state index contributed by atoms with van der Waals surface area (Å²) >= 11 is 0. The summed E-state index contributed by atoms with van der Waals surface area (Å²) in [6.07, 6.45) is 3.10. The average Bonchev–Trinajstić information content (AvgIpc) is 3.06. The number of nitrogens with zero attached hydrogens (tertiary/aromatic N) is 2. The predicted octanol–water partition coefficient (Wildman–Crippen LogP) is 1.31. The van der Waals surface area contributed by atoms with E-state index < -0.39 is 0 Å². The van der Waals surface area contributed by atoms with Gasteiger partial charge in [0, 0.05) is 13.1 Å². The number of aliphatic hydroxyl groups is 1. The molecule has 4 atom stereocenters. The van der Waals surface area contributed by atoms with Crippen LogP contribution in [0.1, 0.15) is 12.8 Å². The van der Waals surface area contributed by atoms with Gasteiger partial charge in [-0.3, -0.25) is 0 Å². The first-order valence-electron chi connectivity index (χ1n) is 7.67. The molecule has 112 valence electrons. The third-order valence-electron chi connectivity index (χ3n) is 4.97. The summed E-state index contributed by atoms with van der Waals surface area (Å²) in [5, 5.41) is 13.7. The van der Waals surface area contributed by atoms with E-state index in [0.717, 1.165) is 42.7 Å². The van der Waals surface area contributed by atoms with Crippen molar-refractivity contribution in [3.63, 3.8) is 0 Å². The summed E-state index contributed by atoms with van der Waals surface area (Å²) in [7, 11) is 1.98. The van der Waals surface area contributed by atoms with E-state index in [9.17, 15) is 5.11 Å². The Hall–Kier alpha value is -1.59. The van der Waals surface area contributed by atoms with Crippen LogP contribution >= 0.6 is 0 Å². The molecule has 4 rings (SSSR count). The summed E-state index contributed by atoms with van der Waals surface area (Å²) in [4.78, 5) is 4.35. The number of hydrogen-bond acceptors (Lipinski definition) is 4. The first kappa shape index (κ1) is 13.1. The van der Waals surface area contributed by atoms with Crippen molar-refractivity contribution in [3.05, 3.63) is 24.5 Å². The van der Waals surface area contributed by atoms with E-state index in [4.69, 9.17) is 4.74 Å². The lowest BCUT2D eigenvalue weighted by atomic mass is 9.78. The maximum Gasteiger partial charge on any atom is 0.125 e. The molecule has 1 aliphatic carbocycles. The highest BCUT2D eigenvalue weighted by Gasteiger charge is 2.39. The van der Waals surface area contributed by atoms with Crippen LogP contribution in [0.3, 0.4) is 0 Å². The molecule has 0 spiro atoms. The molecule has 5 heteroatoms. The van der Waals surface area contributed by atoms with E-state index in [0.29, 0.717) is 11.8 Å². The molecular weight excluding hydrogens is 266 g/mol.